The Morgan fingerprint density at radius 2 is 2.00 bits per heavy atom. The normalized spacial score (nSPS) is 13.3. The zero-order valence-corrected chi connectivity index (χ0v) is 9.18. The molecular formula is C8H16BrNO. The third kappa shape index (κ3) is 3.23. The molecule has 3 heteroatoms. The second-order valence-electron chi connectivity index (χ2n) is 2.92. The molecule has 2 nitrogen and oxygen atoms in total. The van der Waals surface area contributed by atoms with Crippen molar-refractivity contribution in [3.05, 3.63) is 0 Å². The quantitative estimate of drug-likeness (QED) is 0.669. The minimum Gasteiger partial charge on any atom is -0.342 e. The maximum Gasteiger partial charge on any atom is 0.236 e. The molecule has 0 spiro atoms. The molecule has 0 radical (unpaired) electrons. The molecule has 0 aromatic rings. The van der Waals surface area contributed by atoms with Crippen molar-refractivity contribution in [3.8, 4) is 0 Å². The van der Waals surface area contributed by atoms with Crippen LogP contribution in [0.1, 0.15) is 27.2 Å². The van der Waals surface area contributed by atoms with E-state index >= 15 is 0 Å². The van der Waals surface area contributed by atoms with Crippen molar-refractivity contribution in [2.45, 2.75) is 38.1 Å². The number of amides is 1. The van der Waals surface area contributed by atoms with Crippen molar-refractivity contribution in [1.82, 2.24) is 4.90 Å². The monoisotopic (exact) mass is 221 g/mol. The Balaban J connectivity index is 4.02. The molecule has 66 valence electrons. The van der Waals surface area contributed by atoms with Crippen molar-refractivity contribution in [2.24, 2.45) is 0 Å². The van der Waals surface area contributed by atoms with Crippen LogP contribution in [-0.4, -0.2) is 28.7 Å². The van der Waals surface area contributed by atoms with E-state index in [1.165, 1.54) is 0 Å². The molecule has 0 heterocycles. The second kappa shape index (κ2) is 4.75. The Morgan fingerprint density at radius 3 is 2.27 bits per heavy atom. The maximum atomic E-state index is 11.4. The molecule has 0 rings (SSSR count). The molecule has 1 atom stereocenters. The van der Waals surface area contributed by atoms with Gasteiger partial charge < -0.3 is 4.90 Å². The molecule has 1 unspecified atom stereocenters. The Hall–Kier alpha value is -0.0500. The summed E-state index contributed by atoms with van der Waals surface area (Å²) in [5.41, 5.74) is 0. The molecule has 0 N–H and O–H groups in total. The zero-order valence-electron chi connectivity index (χ0n) is 7.60. The van der Waals surface area contributed by atoms with Gasteiger partial charge in [0.15, 0.2) is 0 Å². The summed E-state index contributed by atoms with van der Waals surface area (Å²) in [5, 5.41) is 0. The van der Waals surface area contributed by atoms with Crippen LogP contribution in [0, 0.1) is 0 Å². The number of alkyl halides is 1. The Morgan fingerprint density at radius 1 is 1.55 bits per heavy atom. The van der Waals surface area contributed by atoms with Gasteiger partial charge in [-0.3, -0.25) is 4.79 Å². The maximum absolute atomic E-state index is 11.4. The number of halogens is 1. The van der Waals surface area contributed by atoms with Crippen LogP contribution in [0.3, 0.4) is 0 Å². The van der Waals surface area contributed by atoms with Crippen molar-refractivity contribution < 1.29 is 4.79 Å². The van der Waals surface area contributed by atoms with E-state index in [-0.39, 0.29) is 16.8 Å². The number of carbonyl (C=O) groups excluding carboxylic acids is 1. The van der Waals surface area contributed by atoms with Gasteiger partial charge in [-0.1, -0.05) is 22.9 Å². The molecule has 0 saturated heterocycles. The van der Waals surface area contributed by atoms with Gasteiger partial charge in [-0.25, -0.2) is 0 Å². The van der Waals surface area contributed by atoms with Crippen LogP contribution in [-0.2, 0) is 4.79 Å². The van der Waals surface area contributed by atoms with E-state index < -0.39 is 0 Å². The fourth-order valence-corrected chi connectivity index (χ4v) is 0.973. The van der Waals surface area contributed by atoms with Crippen LogP contribution < -0.4 is 0 Å². The predicted molar refractivity (Wildman–Crippen MR) is 50.9 cm³/mol. The molecule has 11 heavy (non-hydrogen) atoms. The minimum atomic E-state index is -0.0186. The minimum absolute atomic E-state index is 0.0186. The first kappa shape index (κ1) is 11.0. The van der Waals surface area contributed by atoms with Gasteiger partial charge in [-0.15, -0.1) is 0 Å². The van der Waals surface area contributed by atoms with E-state index in [9.17, 15) is 4.79 Å². The lowest BCUT2D eigenvalue weighted by Crippen LogP contribution is -2.37. The molecule has 0 saturated carbocycles. The zero-order chi connectivity index (χ0) is 9.02. The highest BCUT2D eigenvalue weighted by molar-refractivity contribution is 9.10. The van der Waals surface area contributed by atoms with E-state index in [0.29, 0.717) is 0 Å². The summed E-state index contributed by atoms with van der Waals surface area (Å²) >= 11 is 3.32. The molecule has 0 aliphatic rings. The van der Waals surface area contributed by atoms with Gasteiger partial charge in [0.1, 0.15) is 0 Å². The van der Waals surface area contributed by atoms with Crippen LogP contribution in [0.5, 0.6) is 0 Å². The van der Waals surface area contributed by atoms with Gasteiger partial charge in [0, 0.05) is 13.1 Å². The number of hydrogen-bond donors (Lipinski definition) is 0. The Bertz CT molecular complexity index is 136. The highest BCUT2D eigenvalue weighted by atomic mass is 79.9. The first-order valence-corrected chi connectivity index (χ1v) is 4.83. The van der Waals surface area contributed by atoms with E-state index in [4.69, 9.17) is 0 Å². The SMILES string of the molecule is CCC(Br)C(=O)N(C)C(C)C. The van der Waals surface area contributed by atoms with E-state index in [1.807, 2.05) is 27.8 Å². The molecule has 1 amide bonds. The number of hydrogen-bond acceptors (Lipinski definition) is 1. The predicted octanol–water partition coefficient (Wildman–Crippen LogP) is 2.03. The average molecular weight is 222 g/mol. The second-order valence-corrected chi connectivity index (χ2v) is 4.02. The van der Waals surface area contributed by atoms with Crippen molar-refractivity contribution >= 4 is 21.8 Å². The topological polar surface area (TPSA) is 20.3 Å². The standard InChI is InChI=1S/C8H16BrNO/c1-5-7(9)8(11)10(4)6(2)3/h6-7H,5H2,1-4H3. The summed E-state index contributed by atoms with van der Waals surface area (Å²) in [6, 6.07) is 0.286. The fraction of sp³-hybridized carbons (Fsp3) is 0.875. The van der Waals surface area contributed by atoms with E-state index in [2.05, 4.69) is 15.9 Å². The lowest BCUT2D eigenvalue weighted by atomic mass is 10.2. The van der Waals surface area contributed by atoms with Crippen LogP contribution in [0.25, 0.3) is 0 Å². The van der Waals surface area contributed by atoms with Gasteiger partial charge in [0.25, 0.3) is 0 Å². The van der Waals surface area contributed by atoms with Gasteiger partial charge >= 0.3 is 0 Å². The van der Waals surface area contributed by atoms with E-state index in [1.54, 1.807) is 4.90 Å². The molecule has 0 fully saturated rings. The third-order valence-corrected chi connectivity index (χ3v) is 2.79. The van der Waals surface area contributed by atoms with Gasteiger partial charge in [0.05, 0.1) is 4.83 Å². The van der Waals surface area contributed by atoms with Gasteiger partial charge in [-0.05, 0) is 20.3 Å². The summed E-state index contributed by atoms with van der Waals surface area (Å²) < 4.78 is 0. The summed E-state index contributed by atoms with van der Waals surface area (Å²) in [7, 11) is 1.83. The average Bonchev–Trinajstić information content (AvgIpc) is 2.00. The highest BCUT2D eigenvalue weighted by Gasteiger charge is 2.18. The van der Waals surface area contributed by atoms with Gasteiger partial charge in [0.2, 0.25) is 5.91 Å². The lowest BCUT2D eigenvalue weighted by molar-refractivity contribution is -0.130. The van der Waals surface area contributed by atoms with Crippen LogP contribution >= 0.6 is 15.9 Å². The first-order chi connectivity index (χ1) is 5.00. The van der Waals surface area contributed by atoms with Crippen molar-refractivity contribution in [1.29, 1.82) is 0 Å². The lowest BCUT2D eigenvalue weighted by Gasteiger charge is -2.23. The summed E-state index contributed by atoms with van der Waals surface area (Å²) in [5.74, 6) is 0.169. The molecule has 0 bridgehead atoms. The summed E-state index contributed by atoms with van der Waals surface area (Å²) in [6.07, 6.45) is 0.843. The molecule has 0 aliphatic carbocycles. The summed E-state index contributed by atoms with van der Waals surface area (Å²) in [6.45, 7) is 6.01. The summed E-state index contributed by atoms with van der Waals surface area (Å²) in [4.78, 5) is 13.1. The smallest absolute Gasteiger partial charge is 0.236 e. The largest absolute Gasteiger partial charge is 0.342 e. The van der Waals surface area contributed by atoms with E-state index in [0.717, 1.165) is 6.42 Å². The number of rotatable bonds is 3. The molecule has 0 aromatic heterocycles. The third-order valence-electron chi connectivity index (χ3n) is 1.75. The van der Waals surface area contributed by atoms with Crippen LogP contribution in [0.15, 0.2) is 0 Å². The fourth-order valence-electron chi connectivity index (χ4n) is 0.650. The Kier molecular flexibility index (Phi) is 4.73. The van der Waals surface area contributed by atoms with Crippen LogP contribution in [0.4, 0.5) is 0 Å². The highest BCUT2D eigenvalue weighted by Crippen LogP contribution is 2.09. The first-order valence-electron chi connectivity index (χ1n) is 3.91. The number of carbonyl (C=O) groups is 1. The van der Waals surface area contributed by atoms with Gasteiger partial charge in [-0.2, -0.15) is 0 Å². The molecule has 0 aliphatic heterocycles. The number of nitrogens with zero attached hydrogens (tertiary/aromatic N) is 1. The van der Waals surface area contributed by atoms with Crippen LogP contribution in [0.2, 0.25) is 0 Å². The molecular weight excluding hydrogens is 206 g/mol. The van der Waals surface area contributed by atoms with Crippen molar-refractivity contribution in [2.75, 3.05) is 7.05 Å². The Labute approximate surface area is 77.1 Å². The molecule has 0 aromatic carbocycles. The van der Waals surface area contributed by atoms with Crippen molar-refractivity contribution in [3.63, 3.8) is 0 Å².